The number of aliphatic hydroxyl groups is 1. The van der Waals surface area contributed by atoms with Gasteiger partial charge < -0.3 is 25.0 Å². The van der Waals surface area contributed by atoms with E-state index in [2.05, 4.69) is 64.6 Å². The highest BCUT2D eigenvalue weighted by Crippen LogP contribution is 2.35. The maximum atomic E-state index is 13.8. The number of hydrogen-bond acceptors (Lipinski definition) is 7. The fraction of sp³-hybridized carbons (Fsp3) is 0.308. The van der Waals surface area contributed by atoms with E-state index in [9.17, 15) is 14.7 Å². The number of anilines is 3. The van der Waals surface area contributed by atoms with Gasteiger partial charge in [-0.25, -0.2) is 0 Å². The van der Waals surface area contributed by atoms with Crippen molar-refractivity contribution < 1.29 is 19.4 Å². The monoisotopic (exact) mass is 645 g/mol. The quantitative estimate of drug-likeness (QED) is 0.210. The maximum Gasteiger partial charge on any atom is 0.258 e. The van der Waals surface area contributed by atoms with Crippen LogP contribution in [-0.4, -0.2) is 72.7 Å². The van der Waals surface area contributed by atoms with E-state index in [-0.39, 0.29) is 36.9 Å². The summed E-state index contributed by atoms with van der Waals surface area (Å²) in [6.45, 7) is 5.37. The number of rotatable bonds is 11. The molecule has 1 heterocycles. The number of ether oxygens (including phenoxy) is 1. The molecule has 248 valence electrons. The minimum atomic E-state index is -0.397. The van der Waals surface area contributed by atoms with Crippen LogP contribution in [0.5, 0.6) is 5.75 Å². The lowest BCUT2D eigenvalue weighted by Gasteiger charge is -2.38. The van der Waals surface area contributed by atoms with Crippen molar-refractivity contribution >= 4 is 28.9 Å². The van der Waals surface area contributed by atoms with E-state index < -0.39 is 6.04 Å². The summed E-state index contributed by atoms with van der Waals surface area (Å²) in [5, 5.41) is 22.1. The molecule has 48 heavy (non-hydrogen) atoms. The van der Waals surface area contributed by atoms with Crippen molar-refractivity contribution in [2.45, 2.75) is 39.0 Å². The average molecular weight is 646 g/mol. The number of nitrogens with one attached hydrogen (secondary N) is 1. The van der Waals surface area contributed by atoms with Crippen molar-refractivity contribution in [3.63, 3.8) is 0 Å². The summed E-state index contributed by atoms with van der Waals surface area (Å²) in [5.41, 5.74) is 5.40. The van der Waals surface area contributed by atoms with Crippen molar-refractivity contribution in [2.75, 3.05) is 44.0 Å². The number of aliphatic hydroxyl groups excluding tert-OH is 1. The first kappa shape index (κ1) is 34.2. The lowest BCUT2D eigenvalue weighted by Crippen LogP contribution is -2.49. The van der Waals surface area contributed by atoms with Gasteiger partial charge in [0.25, 0.3) is 5.91 Å². The van der Waals surface area contributed by atoms with Crippen molar-refractivity contribution in [1.29, 1.82) is 5.26 Å². The molecule has 0 saturated carbocycles. The van der Waals surface area contributed by atoms with Gasteiger partial charge in [0.1, 0.15) is 6.10 Å². The van der Waals surface area contributed by atoms with Gasteiger partial charge in [0.05, 0.1) is 42.0 Å². The Kier molecular flexibility index (Phi) is 11.1. The zero-order valence-corrected chi connectivity index (χ0v) is 28.0. The third kappa shape index (κ3) is 8.21. The number of nitrogens with zero attached hydrogens (tertiary/aromatic N) is 4. The molecule has 0 bridgehead atoms. The Morgan fingerprint density at radius 2 is 1.65 bits per heavy atom. The number of likely N-dealkylation sites (N-methyl/N-ethyl adjacent to an activating group) is 1. The summed E-state index contributed by atoms with van der Waals surface area (Å²) in [7, 11) is 4.10. The van der Waals surface area contributed by atoms with Crippen molar-refractivity contribution in [1.82, 2.24) is 9.80 Å². The second-order valence-electron chi connectivity index (χ2n) is 12.6. The second-order valence-corrected chi connectivity index (χ2v) is 12.6. The fourth-order valence-corrected chi connectivity index (χ4v) is 5.95. The molecular formula is C39H43N5O4. The molecule has 0 spiro atoms. The zero-order valence-electron chi connectivity index (χ0n) is 28.0. The summed E-state index contributed by atoms with van der Waals surface area (Å²) in [4.78, 5) is 33.1. The maximum absolute atomic E-state index is 13.8. The number of amides is 2. The van der Waals surface area contributed by atoms with E-state index >= 15 is 0 Å². The van der Waals surface area contributed by atoms with E-state index in [1.807, 2.05) is 39.1 Å². The molecule has 0 saturated heterocycles. The van der Waals surface area contributed by atoms with Crippen molar-refractivity contribution in [3.8, 4) is 11.8 Å². The summed E-state index contributed by atoms with van der Waals surface area (Å²) in [6.07, 6.45) is -0.227. The number of nitriles is 1. The van der Waals surface area contributed by atoms with Crippen LogP contribution in [-0.2, 0) is 17.8 Å². The van der Waals surface area contributed by atoms with Crippen LogP contribution in [0, 0.1) is 17.2 Å². The van der Waals surface area contributed by atoms with Gasteiger partial charge >= 0.3 is 0 Å². The van der Waals surface area contributed by atoms with E-state index in [0.717, 1.165) is 22.5 Å². The van der Waals surface area contributed by atoms with Gasteiger partial charge in [-0.05, 0) is 73.6 Å². The number of hydrogen-bond donors (Lipinski definition) is 2. The van der Waals surface area contributed by atoms with E-state index in [1.54, 1.807) is 47.4 Å². The molecule has 2 N–H and O–H groups in total. The molecule has 1 aliphatic heterocycles. The van der Waals surface area contributed by atoms with Gasteiger partial charge in [-0.2, -0.15) is 5.26 Å². The number of benzene rings is 4. The highest BCUT2D eigenvalue weighted by Gasteiger charge is 2.34. The van der Waals surface area contributed by atoms with Crippen LogP contribution in [0.15, 0.2) is 97.1 Å². The van der Waals surface area contributed by atoms with Crippen molar-refractivity contribution in [3.05, 3.63) is 119 Å². The van der Waals surface area contributed by atoms with Crippen LogP contribution in [0.1, 0.15) is 40.9 Å². The number of para-hydroxylation sites is 2. The molecule has 4 aromatic carbocycles. The van der Waals surface area contributed by atoms with Crippen LogP contribution in [0.2, 0.25) is 0 Å². The molecule has 9 nitrogen and oxygen atoms in total. The Balaban J connectivity index is 1.35. The number of carbonyl (C=O) groups excluding carboxylic acids is 2. The lowest BCUT2D eigenvalue weighted by molar-refractivity contribution is -0.115. The molecule has 9 heteroatoms. The minimum Gasteiger partial charge on any atom is -0.486 e. The Bertz CT molecular complexity index is 1740. The molecule has 0 fully saturated rings. The Morgan fingerprint density at radius 3 is 2.31 bits per heavy atom. The average Bonchev–Trinajstić information content (AvgIpc) is 3.10. The molecule has 0 radical (unpaired) electrons. The van der Waals surface area contributed by atoms with Crippen LogP contribution >= 0.6 is 0 Å². The molecule has 0 aliphatic carbocycles. The minimum absolute atomic E-state index is 0.0807. The summed E-state index contributed by atoms with van der Waals surface area (Å²) >= 11 is 0. The van der Waals surface area contributed by atoms with Crippen LogP contribution in [0.4, 0.5) is 17.1 Å². The second kappa shape index (κ2) is 15.6. The van der Waals surface area contributed by atoms with Crippen molar-refractivity contribution in [2.24, 2.45) is 5.92 Å². The molecule has 5 rings (SSSR count). The SMILES string of the molecule is C[C@@H]1CN([C@@H](C)CO)C(=O)c2cccc(NC(=O)Cc3ccc(C#N)cc3)c2O[C@@H]1CN(C)Cc1ccc(N(C)c2ccccc2)cc1. The molecule has 1 aliphatic rings. The van der Waals surface area contributed by atoms with Gasteiger partial charge in [0.2, 0.25) is 5.91 Å². The lowest BCUT2D eigenvalue weighted by atomic mass is 9.98. The van der Waals surface area contributed by atoms with Gasteiger partial charge in [0, 0.05) is 44.0 Å². The molecule has 2 amide bonds. The highest BCUT2D eigenvalue weighted by atomic mass is 16.5. The van der Waals surface area contributed by atoms with E-state index in [0.29, 0.717) is 42.2 Å². The Labute approximate surface area is 283 Å². The molecule has 0 unspecified atom stereocenters. The Hall–Kier alpha value is -5.17. The van der Waals surface area contributed by atoms with Gasteiger partial charge in [-0.1, -0.05) is 55.5 Å². The fourth-order valence-electron chi connectivity index (χ4n) is 5.95. The topological polar surface area (TPSA) is 109 Å². The zero-order chi connectivity index (χ0) is 34.2. The first-order valence-electron chi connectivity index (χ1n) is 16.2. The largest absolute Gasteiger partial charge is 0.486 e. The predicted octanol–water partition coefficient (Wildman–Crippen LogP) is 5.86. The summed E-state index contributed by atoms with van der Waals surface area (Å²) < 4.78 is 6.69. The Morgan fingerprint density at radius 1 is 0.979 bits per heavy atom. The summed E-state index contributed by atoms with van der Waals surface area (Å²) in [6, 6.07) is 32.5. The van der Waals surface area contributed by atoms with E-state index in [1.165, 1.54) is 0 Å². The van der Waals surface area contributed by atoms with Crippen LogP contribution < -0.4 is 15.0 Å². The van der Waals surface area contributed by atoms with Gasteiger partial charge in [-0.15, -0.1) is 0 Å². The third-order valence-corrected chi connectivity index (χ3v) is 8.82. The summed E-state index contributed by atoms with van der Waals surface area (Å²) in [5.74, 6) is -0.282. The van der Waals surface area contributed by atoms with Crippen LogP contribution in [0.25, 0.3) is 0 Å². The van der Waals surface area contributed by atoms with E-state index in [4.69, 9.17) is 10.00 Å². The molecule has 3 atom stereocenters. The molecular weight excluding hydrogens is 602 g/mol. The third-order valence-electron chi connectivity index (χ3n) is 8.82. The first-order chi connectivity index (χ1) is 23.2. The predicted molar refractivity (Wildman–Crippen MR) is 188 cm³/mol. The van der Waals surface area contributed by atoms with Crippen LogP contribution in [0.3, 0.4) is 0 Å². The van der Waals surface area contributed by atoms with Gasteiger partial charge in [0.15, 0.2) is 5.75 Å². The highest BCUT2D eigenvalue weighted by molar-refractivity contribution is 6.02. The first-order valence-corrected chi connectivity index (χ1v) is 16.2. The molecule has 0 aromatic heterocycles. The number of fused-ring (bicyclic) bond motifs is 1. The molecule has 4 aromatic rings. The van der Waals surface area contributed by atoms with Gasteiger partial charge in [-0.3, -0.25) is 14.5 Å². The standard InChI is InChI=1S/C39H43N5O4/c1-27-23-44(28(2)26-45)39(47)34-11-8-12-35(41-37(46)21-29-13-15-30(22-40)16-14-29)38(34)48-36(27)25-42(3)24-31-17-19-33(20-18-31)43(4)32-9-6-5-7-10-32/h5-20,27-28,36,45H,21,23-26H2,1-4H3,(H,41,46)/t27-,28+,36-/m1/s1. The normalized spacial score (nSPS) is 16.6. The smallest absolute Gasteiger partial charge is 0.258 e. The number of carbonyl (C=O) groups is 2.